The molecule has 1 amide bonds. The van der Waals surface area contributed by atoms with Gasteiger partial charge in [0.05, 0.1) is 13.7 Å². The Morgan fingerprint density at radius 2 is 2.07 bits per heavy atom. The number of nitrogens with zero attached hydrogens (tertiary/aromatic N) is 1. The third-order valence-corrected chi connectivity index (χ3v) is 5.16. The second kappa shape index (κ2) is 7.45. The quantitative estimate of drug-likeness (QED) is 0.853. The van der Waals surface area contributed by atoms with E-state index in [-0.39, 0.29) is 11.8 Å². The van der Waals surface area contributed by atoms with Crippen LogP contribution in [0.2, 0.25) is 5.02 Å². The summed E-state index contributed by atoms with van der Waals surface area (Å²) in [6, 6.07) is 13.4. The van der Waals surface area contributed by atoms with E-state index < -0.39 is 0 Å². The Morgan fingerprint density at radius 1 is 1.22 bits per heavy atom. The molecule has 2 aliphatic rings. The van der Waals surface area contributed by atoms with Gasteiger partial charge in [-0.15, -0.1) is 0 Å². The summed E-state index contributed by atoms with van der Waals surface area (Å²) in [6.07, 6.45) is 2.46. The minimum Gasteiger partial charge on any atom is -0.493 e. The summed E-state index contributed by atoms with van der Waals surface area (Å²) in [7, 11) is 1.61. The summed E-state index contributed by atoms with van der Waals surface area (Å²) in [4.78, 5) is 16.4. The smallest absolute Gasteiger partial charge is 0.226 e. The second-order valence-electron chi connectivity index (χ2n) is 6.44. The van der Waals surface area contributed by atoms with Gasteiger partial charge in [0.2, 0.25) is 5.91 Å². The first kappa shape index (κ1) is 17.6. The number of hydrogen-bond donors (Lipinski definition) is 1. The van der Waals surface area contributed by atoms with Crippen LogP contribution < -0.4 is 14.8 Å². The third kappa shape index (κ3) is 3.55. The third-order valence-electron chi connectivity index (χ3n) is 4.79. The van der Waals surface area contributed by atoms with Gasteiger partial charge in [0.1, 0.15) is 12.4 Å². The van der Waals surface area contributed by atoms with Crippen LogP contribution >= 0.6 is 11.6 Å². The summed E-state index contributed by atoms with van der Waals surface area (Å²) < 4.78 is 11.4. The van der Waals surface area contributed by atoms with Crippen molar-refractivity contribution in [2.45, 2.75) is 18.9 Å². The number of aliphatic imine (C=N–C) groups is 1. The number of halogens is 1. The van der Waals surface area contributed by atoms with Gasteiger partial charge in [-0.3, -0.25) is 9.79 Å². The number of ether oxygens (including phenoxy) is 2. The number of amidine groups is 1. The molecule has 5 nitrogen and oxygen atoms in total. The molecule has 0 spiro atoms. The fourth-order valence-electron chi connectivity index (χ4n) is 3.41. The van der Waals surface area contributed by atoms with Gasteiger partial charge in [-0.05, 0) is 23.8 Å². The topological polar surface area (TPSA) is 59.9 Å². The normalized spacial score (nSPS) is 18.3. The number of fused-ring (bicyclic) bond motifs is 1. The van der Waals surface area contributed by atoms with Crippen LogP contribution in [0.4, 0.5) is 0 Å². The first-order chi connectivity index (χ1) is 13.2. The maximum absolute atomic E-state index is 12.0. The Hall–Kier alpha value is -2.79. The Bertz CT molecular complexity index is 952. The summed E-state index contributed by atoms with van der Waals surface area (Å²) in [5.74, 6) is 1.91. The molecule has 138 valence electrons. The number of rotatable bonds is 5. The molecule has 6 heteroatoms. The number of methoxy groups -OCH3 is 1. The summed E-state index contributed by atoms with van der Waals surface area (Å²) in [6.45, 7) is 0.959. The minimum atomic E-state index is -0.0217. The van der Waals surface area contributed by atoms with E-state index in [2.05, 4.69) is 16.4 Å². The van der Waals surface area contributed by atoms with E-state index in [0.29, 0.717) is 41.9 Å². The Morgan fingerprint density at radius 3 is 2.89 bits per heavy atom. The SMILES string of the molecule is COc1cc(C2CC(=O)NC3=NCC=C32)ccc1OCc1ccccc1Cl. The molecule has 27 heavy (non-hydrogen) atoms. The van der Waals surface area contributed by atoms with Crippen molar-refractivity contribution >= 4 is 23.3 Å². The van der Waals surface area contributed by atoms with Crippen molar-refractivity contribution in [1.82, 2.24) is 5.32 Å². The molecule has 1 saturated heterocycles. The molecule has 2 aliphatic heterocycles. The van der Waals surface area contributed by atoms with Gasteiger partial charge in [-0.2, -0.15) is 0 Å². The zero-order chi connectivity index (χ0) is 18.8. The van der Waals surface area contributed by atoms with Crippen molar-refractivity contribution in [3.05, 3.63) is 70.3 Å². The highest BCUT2D eigenvalue weighted by Gasteiger charge is 2.32. The number of carbonyl (C=O) groups excluding carboxylic acids is 1. The summed E-state index contributed by atoms with van der Waals surface area (Å²) >= 11 is 6.19. The van der Waals surface area contributed by atoms with E-state index in [1.807, 2.05) is 42.5 Å². The molecule has 0 radical (unpaired) electrons. The molecule has 1 fully saturated rings. The Kier molecular flexibility index (Phi) is 4.86. The molecule has 4 rings (SSSR count). The highest BCUT2D eigenvalue weighted by molar-refractivity contribution is 6.31. The summed E-state index contributed by atoms with van der Waals surface area (Å²) in [5, 5.41) is 3.50. The van der Waals surface area contributed by atoms with Crippen LogP contribution in [0.15, 0.2) is 59.1 Å². The zero-order valence-electron chi connectivity index (χ0n) is 14.9. The number of hydrogen-bond acceptors (Lipinski definition) is 4. The fourth-order valence-corrected chi connectivity index (χ4v) is 3.60. The maximum Gasteiger partial charge on any atom is 0.226 e. The lowest BCUT2D eigenvalue weighted by Crippen LogP contribution is -2.38. The predicted molar refractivity (Wildman–Crippen MR) is 105 cm³/mol. The van der Waals surface area contributed by atoms with Gasteiger partial charge in [0, 0.05) is 28.5 Å². The molecule has 0 aromatic heterocycles. The lowest BCUT2D eigenvalue weighted by atomic mass is 9.85. The Balaban J connectivity index is 1.57. The van der Waals surface area contributed by atoms with Crippen LogP contribution in [0.5, 0.6) is 11.5 Å². The maximum atomic E-state index is 12.0. The molecular weight excluding hydrogens is 364 g/mol. The van der Waals surface area contributed by atoms with Crippen LogP contribution in [0, 0.1) is 0 Å². The fraction of sp³-hybridized carbons (Fsp3) is 0.238. The molecule has 0 bridgehead atoms. The van der Waals surface area contributed by atoms with Gasteiger partial charge in [-0.1, -0.05) is 41.9 Å². The van der Waals surface area contributed by atoms with Crippen molar-refractivity contribution in [1.29, 1.82) is 0 Å². The van der Waals surface area contributed by atoms with Gasteiger partial charge < -0.3 is 14.8 Å². The van der Waals surface area contributed by atoms with Gasteiger partial charge in [0.25, 0.3) is 0 Å². The van der Waals surface area contributed by atoms with E-state index in [9.17, 15) is 4.79 Å². The van der Waals surface area contributed by atoms with Crippen molar-refractivity contribution in [2.24, 2.45) is 4.99 Å². The minimum absolute atomic E-state index is 0.0178. The molecule has 1 atom stereocenters. The van der Waals surface area contributed by atoms with Crippen LogP contribution in [-0.2, 0) is 11.4 Å². The molecule has 2 aromatic carbocycles. The van der Waals surface area contributed by atoms with E-state index in [1.54, 1.807) is 7.11 Å². The van der Waals surface area contributed by atoms with Gasteiger partial charge in [-0.25, -0.2) is 0 Å². The lowest BCUT2D eigenvalue weighted by Gasteiger charge is -2.26. The molecule has 0 aliphatic carbocycles. The predicted octanol–water partition coefficient (Wildman–Crippen LogP) is 3.87. The van der Waals surface area contributed by atoms with E-state index in [4.69, 9.17) is 21.1 Å². The van der Waals surface area contributed by atoms with Crippen LogP contribution in [0.3, 0.4) is 0 Å². The monoisotopic (exact) mass is 382 g/mol. The highest BCUT2D eigenvalue weighted by Crippen LogP contribution is 2.38. The lowest BCUT2D eigenvalue weighted by molar-refractivity contribution is -0.120. The van der Waals surface area contributed by atoms with E-state index >= 15 is 0 Å². The first-order valence-corrected chi connectivity index (χ1v) is 9.12. The van der Waals surface area contributed by atoms with E-state index in [0.717, 1.165) is 16.7 Å². The van der Waals surface area contributed by atoms with E-state index in [1.165, 1.54) is 0 Å². The number of amides is 1. The number of carbonyl (C=O) groups is 1. The highest BCUT2D eigenvalue weighted by atomic mass is 35.5. The molecule has 1 N–H and O–H groups in total. The van der Waals surface area contributed by atoms with Crippen molar-refractivity contribution in [2.75, 3.05) is 13.7 Å². The zero-order valence-corrected chi connectivity index (χ0v) is 15.6. The molecule has 2 aromatic rings. The average Bonchev–Trinajstić information content (AvgIpc) is 3.15. The number of benzene rings is 2. The molecular formula is C21H19ClN2O3. The molecule has 1 unspecified atom stereocenters. The van der Waals surface area contributed by atoms with Crippen LogP contribution in [-0.4, -0.2) is 25.4 Å². The Labute approximate surface area is 162 Å². The standard InChI is InChI=1S/C21H19ClN2O3/c1-26-19-10-13(16-11-20(25)24-21-15(16)8-9-23-21)6-7-18(19)27-12-14-4-2-3-5-17(14)22/h2-8,10,16H,9,11-12H2,1H3,(H,23,24,25). The van der Waals surface area contributed by atoms with Crippen LogP contribution in [0.1, 0.15) is 23.5 Å². The average molecular weight is 383 g/mol. The van der Waals surface area contributed by atoms with Crippen molar-refractivity contribution in [3.8, 4) is 11.5 Å². The van der Waals surface area contributed by atoms with Crippen molar-refractivity contribution in [3.63, 3.8) is 0 Å². The van der Waals surface area contributed by atoms with Crippen molar-refractivity contribution < 1.29 is 14.3 Å². The molecule has 0 saturated carbocycles. The molecule has 2 heterocycles. The summed E-state index contributed by atoms with van der Waals surface area (Å²) in [5.41, 5.74) is 2.99. The largest absolute Gasteiger partial charge is 0.493 e. The first-order valence-electron chi connectivity index (χ1n) is 8.74. The van der Waals surface area contributed by atoms with Crippen LogP contribution in [0.25, 0.3) is 0 Å². The number of nitrogens with one attached hydrogen (secondary N) is 1. The second-order valence-corrected chi connectivity index (χ2v) is 6.85. The number of piperidine rings is 1. The van der Waals surface area contributed by atoms with Gasteiger partial charge in [0.15, 0.2) is 11.5 Å². The van der Waals surface area contributed by atoms with Gasteiger partial charge >= 0.3 is 0 Å².